The molecule has 0 atom stereocenters. The van der Waals surface area contributed by atoms with Crippen LogP contribution in [-0.4, -0.2) is 31.1 Å². The van der Waals surface area contributed by atoms with Gasteiger partial charge in [0, 0.05) is 29.4 Å². The van der Waals surface area contributed by atoms with Gasteiger partial charge in [-0.05, 0) is 39.0 Å². The van der Waals surface area contributed by atoms with Gasteiger partial charge in [-0.2, -0.15) is 0 Å². The predicted molar refractivity (Wildman–Crippen MR) is 79.5 cm³/mol. The van der Waals surface area contributed by atoms with Crippen molar-refractivity contribution in [3.63, 3.8) is 0 Å². The summed E-state index contributed by atoms with van der Waals surface area (Å²) in [5.41, 5.74) is 7.89. The largest absolute Gasteiger partial charge is 0.399 e. The number of thioether (sulfide) groups is 1. The van der Waals surface area contributed by atoms with Crippen molar-refractivity contribution in [2.24, 2.45) is 0 Å². The molecule has 2 rings (SSSR count). The monoisotopic (exact) mass is 266 g/mol. The highest BCUT2D eigenvalue weighted by Crippen LogP contribution is 2.35. The first-order valence-corrected chi connectivity index (χ1v) is 7.35. The van der Waals surface area contributed by atoms with E-state index in [1.54, 1.807) is 0 Å². The minimum atomic E-state index is -0.0664. The summed E-state index contributed by atoms with van der Waals surface area (Å²) >= 11 is 1.90. The lowest BCUT2D eigenvalue weighted by Gasteiger charge is -2.32. The second-order valence-corrected chi connectivity index (χ2v) is 6.66. The number of fused-ring (bicyclic) bond motifs is 1. The lowest BCUT2D eigenvalue weighted by atomic mass is 10.2. The van der Waals surface area contributed by atoms with Crippen LogP contribution in [0.4, 0.5) is 11.4 Å². The van der Waals surface area contributed by atoms with Crippen LogP contribution in [-0.2, 0) is 4.74 Å². The number of nitrogens with two attached hydrogens (primary N) is 1. The molecule has 1 aliphatic heterocycles. The van der Waals surface area contributed by atoms with Crippen molar-refractivity contribution in [2.45, 2.75) is 31.3 Å². The van der Waals surface area contributed by atoms with Crippen LogP contribution in [0.1, 0.15) is 20.8 Å². The molecular weight excluding hydrogens is 244 g/mol. The Hall–Kier alpha value is -0.870. The molecule has 18 heavy (non-hydrogen) atoms. The van der Waals surface area contributed by atoms with E-state index in [2.05, 4.69) is 37.8 Å². The standard InChI is InChI=1S/C14H22N2OS/c1-14(2,3)17-8-6-16-7-9-18-13-5-4-11(15)10-12(13)16/h4-5,10H,6-9,15H2,1-3H3. The summed E-state index contributed by atoms with van der Waals surface area (Å²) in [5.74, 6) is 1.13. The van der Waals surface area contributed by atoms with Gasteiger partial charge in [-0.25, -0.2) is 0 Å². The number of benzene rings is 1. The van der Waals surface area contributed by atoms with Crippen molar-refractivity contribution < 1.29 is 4.74 Å². The molecule has 0 bridgehead atoms. The molecule has 3 nitrogen and oxygen atoms in total. The maximum absolute atomic E-state index is 5.87. The number of nitrogen functional groups attached to an aromatic ring is 1. The van der Waals surface area contributed by atoms with Gasteiger partial charge in [0.15, 0.2) is 0 Å². The van der Waals surface area contributed by atoms with Crippen molar-refractivity contribution in [3.8, 4) is 0 Å². The Morgan fingerprint density at radius 1 is 1.39 bits per heavy atom. The van der Waals surface area contributed by atoms with E-state index in [0.717, 1.165) is 31.1 Å². The Morgan fingerprint density at radius 3 is 2.89 bits per heavy atom. The number of anilines is 2. The third-order valence-corrected chi connectivity index (χ3v) is 3.88. The van der Waals surface area contributed by atoms with Gasteiger partial charge in [0.25, 0.3) is 0 Å². The summed E-state index contributed by atoms with van der Waals surface area (Å²) in [6.45, 7) is 9.01. The Kier molecular flexibility index (Phi) is 4.07. The van der Waals surface area contributed by atoms with Gasteiger partial charge in [0.1, 0.15) is 0 Å². The maximum atomic E-state index is 5.87. The van der Waals surface area contributed by atoms with Crippen LogP contribution < -0.4 is 10.6 Å². The van der Waals surface area contributed by atoms with E-state index in [0.29, 0.717) is 0 Å². The van der Waals surface area contributed by atoms with Crippen molar-refractivity contribution >= 4 is 23.1 Å². The SMILES string of the molecule is CC(C)(C)OCCN1CCSc2ccc(N)cc21. The van der Waals surface area contributed by atoms with Crippen LogP contribution in [0.25, 0.3) is 0 Å². The Labute approximate surface area is 114 Å². The van der Waals surface area contributed by atoms with E-state index in [1.807, 2.05) is 17.8 Å². The molecule has 1 heterocycles. The van der Waals surface area contributed by atoms with Gasteiger partial charge in [-0.3, -0.25) is 0 Å². The van der Waals surface area contributed by atoms with E-state index >= 15 is 0 Å². The second-order valence-electron chi connectivity index (χ2n) is 5.52. The molecule has 1 aliphatic rings. The van der Waals surface area contributed by atoms with Crippen molar-refractivity contribution in [1.29, 1.82) is 0 Å². The third-order valence-electron chi connectivity index (χ3n) is 2.84. The van der Waals surface area contributed by atoms with Crippen molar-refractivity contribution in [1.82, 2.24) is 0 Å². The number of nitrogens with zero attached hydrogens (tertiary/aromatic N) is 1. The molecule has 0 aromatic heterocycles. The number of ether oxygens (including phenoxy) is 1. The molecule has 0 unspecified atom stereocenters. The third kappa shape index (κ3) is 3.56. The fourth-order valence-electron chi connectivity index (χ4n) is 1.98. The van der Waals surface area contributed by atoms with Gasteiger partial charge in [0.05, 0.1) is 17.9 Å². The topological polar surface area (TPSA) is 38.5 Å². The zero-order valence-corrected chi connectivity index (χ0v) is 12.2. The summed E-state index contributed by atoms with van der Waals surface area (Å²) in [4.78, 5) is 3.69. The summed E-state index contributed by atoms with van der Waals surface area (Å²) in [5, 5.41) is 0. The van der Waals surface area contributed by atoms with E-state index in [4.69, 9.17) is 10.5 Å². The zero-order valence-electron chi connectivity index (χ0n) is 11.4. The Morgan fingerprint density at radius 2 is 2.17 bits per heavy atom. The van der Waals surface area contributed by atoms with E-state index in [-0.39, 0.29) is 5.60 Å². The van der Waals surface area contributed by atoms with Gasteiger partial charge >= 0.3 is 0 Å². The number of rotatable bonds is 3. The van der Waals surface area contributed by atoms with Gasteiger partial charge in [-0.1, -0.05) is 0 Å². The normalized spacial score (nSPS) is 15.6. The van der Waals surface area contributed by atoms with Gasteiger partial charge in [0.2, 0.25) is 0 Å². The molecule has 0 radical (unpaired) electrons. The average Bonchev–Trinajstić information content (AvgIpc) is 2.28. The van der Waals surface area contributed by atoms with Crippen LogP contribution in [0, 0.1) is 0 Å². The lowest BCUT2D eigenvalue weighted by molar-refractivity contribution is 0.00139. The fraction of sp³-hybridized carbons (Fsp3) is 0.571. The molecule has 0 aliphatic carbocycles. The van der Waals surface area contributed by atoms with E-state index in [9.17, 15) is 0 Å². The molecule has 2 N–H and O–H groups in total. The minimum absolute atomic E-state index is 0.0664. The highest BCUT2D eigenvalue weighted by Gasteiger charge is 2.18. The molecule has 0 spiro atoms. The van der Waals surface area contributed by atoms with Crippen LogP contribution in [0.5, 0.6) is 0 Å². The Bertz CT molecular complexity index is 415. The first-order chi connectivity index (χ1) is 8.46. The van der Waals surface area contributed by atoms with E-state index < -0.39 is 0 Å². The first-order valence-electron chi connectivity index (χ1n) is 6.37. The van der Waals surface area contributed by atoms with Crippen LogP contribution in [0.2, 0.25) is 0 Å². The highest BCUT2D eigenvalue weighted by atomic mass is 32.2. The van der Waals surface area contributed by atoms with E-state index in [1.165, 1.54) is 10.6 Å². The molecule has 0 saturated carbocycles. The fourth-order valence-corrected chi connectivity index (χ4v) is 3.02. The van der Waals surface area contributed by atoms with Crippen molar-refractivity contribution in [3.05, 3.63) is 18.2 Å². The molecular formula is C14H22N2OS. The van der Waals surface area contributed by atoms with Crippen LogP contribution >= 0.6 is 11.8 Å². The van der Waals surface area contributed by atoms with Crippen LogP contribution in [0.15, 0.2) is 23.1 Å². The smallest absolute Gasteiger partial charge is 0.0648 e. The summed E-state index contributed by atoms with van der Waals surface area (Å²) in [6.07, 6.45) is 0. The van der Waals surface area contributed by atoms with Crippen molar-refractivity contribution in [2.75, 3.05) is 36.1 Å². The summed E-state index contributed by atoms with van der Waals surface area (Å²) in [7, 11) is 0. The highest BCUT2D eigenvalue weighted by molar-refractivity contribution is 7.99. The number of hydrogen-bond donors (Lipinski definition) is 1. The summed E-state index contributed by atoms with van der Waals surface area (Å²) in [6, 6.07) is 6.16. The molecule has 0 fully saturated rings. The molecule has 0 saturated heterocycles. The Balaban J connectivity index is 2.01. The summed E-state index contributed by atoms with van der Waals surface area (Å²) < 4.78 is 5.80. The maximum Gasteiger partial charge on any atom is 0.0648 e. The van der Waals surface area contributed by atoms with Gasteiger partial charge < -0.3 is 15.4 Å². The van der Waals surface area contributed by atoms with Gasteiger partial charge in [-0.15, -0.1) is 11.8 Å². The molecule has 1 aromatic rings. The lowest BCUT2D eigenvalue weighted by Crippen LogP contribution is -2.34. The predicted octanol–water partition coefficient (Wildman–Crippen LogP) is 3.00. The molecule has 1 aromatic carbocycles. The first kappa shape index (κ1) is 13.6. The molecule has 100 valence electrons. The zero-order chi connectivity index (χ0) is 13.2. The molecule has 4 heteroatoms. The number of hydrogen-bond acceptors (Lipinski definition) is 4. The quantitative estimate of drug-likeness (QED) is 0.854. The average molecular weight is 266 g/mol. The minimum Gasteiger partial charge on any atom is -0.399 e. The van der Waals surface area contributed by atoms with Crippen LogP contribution in [0.3, 0.4) is 0 Å². The molecule has 0 amide bonds. The second kappa shape index (κ2) is 5.41.